The summed E-state index contributed by atoms with van der Waals surface area (Å²) in [4.78, 5) is 4.81. The maximum atomic E-state index is 5.37. The van der Waals surface area contributed by atoms with Crippen molar-refractivity contribution in [1.82, 2.24) is 0 Å². The summed E-state index contributed by atoms with van der Waals surface area (Å²) in [5.74, 6) is 0. The second-order valence-electron chi connectivity index (χ2n) is 31.4. The van der Waals surface area contributed by atoms with E-state index in [1.165, 1.54) is 25.7 Å². The normalized spacial score (nSPS) is 12.8. The smallest absolute Gasteiger partial charge is 0.651 e. The fourth-order valence-corrected chi connectivity index (χ4v) is 28.3. The Morgan fingerprint density at radius 3 is 0.481 bits per heavy atom. The molecule has 0 spiro atoms. The second kappa shape index (κ2) is 55.2. The van der Waals surface area contributed by atoms with E-state index in [2.05, 4.69) is 322 Å². The van der Waals surface area contributed by atoms with Crippen molar-refractivity contribution in [1.29, 1.82) is 0 Å². The summed E-state index contributed by atoms with van der Waals surface area (Å²) in [7, 11) is -3.87. The van der Waals surface area contributed by atoms with Crippen molar-refractivity contribution in [3.05, 3.63) is 177 Å². The first-order chi connectivity index (χ1) is 48.7. The molecule has 10 nitrogen and oxygen atoms in total. The van der Waals surface area contributed by atoms with Gasteiger partial charge in [0.25, 0.3) is 0 Å². The molecule has 2 aliphatic rings. The molecule has 6 aromatic carbocycles. The minimum Gasteiger partial charge on any atom is -0.651 e. The van der Waals surface area contributed by atoms with Crippen molar-refractivity contribution in [2.45, 2.75) is 260 Å². The van der Waals surface area contributed by atoms with Crippen LogP contribution >= 0.6 is 47.5 Å². The van der Waals surface area contributed by atoms with Crippen LogP contribution < -0.4 is 9.80 Å². The summed E-state index contributed by atoms with van der Waals surface area (Å²) in [5, 5.41) is 32.2. The van der Waals surface area contributed by atoms with Crippen LogP contribution in [0.1, 0.15) is 192 Å². The summed E-state index contributed by atoms with van der Waals surface area (Å²) in [5.41, 5.74) is 20.9. The molecule has 106 heavy (non-hydrogen) atoms. The standard InChI is InChI=1S/2C39H60N4P3.2C4H8O.2Ni.2Ti/c2*1-28(2)44(29(3)4)25-40-34-19-13-16-22-37(34)43(38-23-17-14-20-35(38)41-26-45(30(5)6)31(7)8)39-24-18-15-21-36(39)42-27-46(32(9)10)33(11)12;2*1-2-4-5-3-1;;;;/h2*13-24,28-33H,25-27H2,1-12H3;2*1-4H2;;;;/q2*-3;;;;2*+2;+3/p+6. The molecule has 8 rings (SSSR count). The Labute approximate surface area is 706 Å². The number of nitrogens with zero attached hydrogens (tertiary/aromatic N) is 8. The average molecular weight is 1720 g/mol. The summed E-state index contributed by atoms with van der Waals surface area (Å²) >= 11 is 0. The van der Waals surface area contributed by atoms with Crippen LogP contribution in [0.5, 0.6) is 0 Å². The molecule has 0 aromatic heterocycles. The van der Waals surface area contributed by atoms with Crippen LogP contribution in [-0.4, -0.2) is 132 Å². The van der Waals surface area contributed by atoms with Crippen LogP contribution in [0.15, 0.2) is 146 Å². The molecule has 0 atom stereocenters. The van der Waals surface area contributed by atoms with E-state index in [0.717, 1.165) is 132 Å². The topological polar surface area (TPSA) is 110 Å². The first-order valence-electron chi connectivity index (χ1n) is 39.1. The van der Waals surface area contributed by atoms with Gasteiger partial charge in [0.05, 0.1) is 67.9 Å². The molecule has 0 N–H and O–H groups in total. The zero-order chi connectivity index (χ0) is 75.0. The van der Waals surface area contributed by atoms with E-state index < -0.39 is 47.5 Å². The maximum Gasteiger partial charge on any atom is 3.00 e. The molecule has 0 aliphatic carbocycles. The minimum absolute atomic E-state index is 0. The predicted molar refractivity (Wildman–Crippen MR) is 481 cm³/mol. The number of rotatable bonds is 36. The van der Waals surface area contributed by atoms with E-state index in [0.29, 0.717) is 67.9 Å². The van der Waals surface area contributed by atoms with Crippen LogP contribution in [0.4, 0.5) is 68.2 Å². The van der Waals surface area contributed by atoms with Crippen LogP contribution in [0.2, 0.25) is 0 Å². The maximum absolute atomic E-state index is 5.37. The Morgan fingerprint density at radius 1 is 0.255 bits per heavy atom. The van der Waals surface area contributed by atoms with E-state index in [-0.39, 0.29) is 76.4 Å². The monoisotopic (exact) mass is 1720 g/mol. The van der Waals surface area contributed by atoms with E-state index >= 15 is 0 Å². The molecule has 2 heterocycles. The molecular formula is C86H142N8Ni2O2P6Ti2+7. The van der Waals surface area contributed by atoms with Crippen molar-refractivity contribution in [3.63, 3.8) is 0 Å². The van der Waals surface area contributed by atoms with E-state index in [4.69, 9.17) is 41.4 Å². The van der Waals surface area contributed by atoms with Gasteiger partial charge in [0, 0.05) is 77.0 Å². The average Bonchev–Trinajstić information content (AvgIpc) is 0.834. The van der Waals surface area contributed by atoms with Gasteiger partial charge in [-0.1, -0.05) is 109 Å². The molecule has 0 unspecified atom stereocenters. The fraction of sp³-hybridized carbons (Fsp3) is 0.581. The Bertz CT molecular complexity index is 2680. The Kier molecular flexibility index (Phi) is 53.4. The van der Waals surface area contributed by atoms with Crippen LogP contribution in [0.25, 0.3) is 31.9 Å². The molecule has 2 fully saturated rings. The largest absolute Gasteiger partial charge is 3.00 e. The van der Waals surface area contributed by atoms with Gasteiger partial charge in [-0.05, 0) is 313 Å². The van der Waals surface area contributed by atoms with Crippen molar-refractivity contribution < 1.29 is 85.9 Å². The molecule has 20 heteroatoms. The summed E-state index contributed by atoms with van der Waals surface area (Å²) in [6, 6.07) is 52.2. The van der Waals surface area contributed by atoms with E-state index in [1.54, 1.807) is 0 Å². The molecular weight excluding hydrogens is 1580 g/mol. The van der Waals surface area contributed by atoms with Gasteiger partial charge in [0.1, 0.15) is 0 Å². The molecule has 1 radical (unpaired) electrons. The van der Waals surface area contributed by atoms with Crippen LogP contribution in [0, 0.1) is 0 Å². The summed E-state index contributed by atoms with van der Waals surface area (Å²) in [6.07, 6.45) is 10.6. The number of ether oxygens (including phenoxy) is 2. The molecule has 0 saturated carbocycles. The second-order valence-corrected chi connectivity index (χ2v) is 54.1. The van der Waals surface area contributed by atoms with Gasteiger partial charge in [-0.2, -0.15) is 0 Å². The molecule has 0 bridgehead atoms. The minimum atomic E-state index is -0.646. The van der Waals surface area contributed by atoms with Gasteiger partial charge in [-0.15, -0.1) is 34.1 Å². The van der Waals surface area contributed by atoms with Gasteiger partial charge in [-0.25, -0.2) is 0 Å². The Morgan fingerprint density at radius 2 is 0.377 bits per heavy atom. The SMILES string of the molecule is C1CCOC1.C1CCOC1.CC(C)[PH+](C[N-]c1ccccc1N(c1ccccc1[N-]C[PH+](C(C)C)C(C)C)c1ccccc1[N-]C[PH+](C(C)C)C(C)C)C(C)C.CC(C)[PH+](C[N-]c1ccccc1N(c1ccccc1[N-]C[PH+](C(C)C)C(C)C)c1ccccc1[N-]C[PH+](C(C)C)C(C)C)C(C)C.[Ni+2].[Ni].[Ti+2].[Ti+3]. The van der Waals surface area contributed by atoms with Gasteiger partial charge in [0.15, 0.2) is 0 Å². The third-order valence-electron chi connectivity index (χ3n) is 19.9. The predicted octanol–water partition coefficient (Wildman–Crippen LogP) is 29.9. The van der Waals surface area contributed by atoms with Crippen molar-refractivity contribution in [2.24, 2.45) is 0 Å². The molecule has 2 saturated heterocycles. The van der Waals surface area contributed by atoms with Gasteiger partial charge in [-0.3, -0.25) is 0 Å². The summed E-state index contributed by atoms with van der Waals surface area (Å²) < 4.78 is 9.89. The van der Waals surface area contributed by atoms with E-state index in [1.807, 2.05) is 0 Å². The number of hydrogen-bond acceptors (Lipinski definition) is 4. The van der Waals surface area contributed by atoms with Crippen molar-refractivity contribution >= 4 is 116 Å². The van der Waals surface area contributed by atoms with E-state index in [9.17, 15) is 0 Å². The van der Waals surface area contributed by atoms with Crippen molar-refractivity contribution in [2.75, 3.05) is 73.9 Å². The van der Waals surface area contributed by atoms with Crippen LogP contribution in [0.3, 0.4) is 0 Å². The first kappa shape index (κ1) is 103. The van der Waals surface area contributed by atoms with Gasteiger partial charge >= 0.3 is 59.9 Å². The number of para-hydroxylation sites is 12. The summed E-state index contributed by atoms with van der Waals surface area (Å²) in [6.45, 7) is 60.8. The third-order valence-corrected chi connectivity index (χ3v) is 40.8. The molecule has 589 valence electrons. The first-order valence-corrected chi connectivity index (χ1v) is 50.3. The molecule has 6 aromatic rings. The number of benzene rings is 6. The Balaban J connectivity index is 0.000000900. The third kappa shape index (κ3) is 34.0. The van der Waals surface area contributed by atoms with Crippen molar-refractivity contribution in [3.8, 4) is 0 Å². The Hall–Kier alpha value is -1.36. The molecule has 0 amide bonds. The van der Waals surface area contributed by atoms with Gasteiger partial charge < -0.3 is 51.2 Å². The fourth-order valence-electron chi connectivity index (χ4n) is 13.8. The van der Waals surface area contributed by atoms with Gasteiger partial charge in [0.2, 0.25) is 0 Å². The number of anilines is 6. The molecule has 2 aliphatic heterocycles. The zero-order valence-electron chi connectivity index (χ0n) is 69.7. The zero-order valence-corrected chi connectivity index (χ0v) is 80.8. The van der Waals surface area contributed by atoms with Crippen LogP contribution in [-0.2, 0) is 85.9 Å². The quantitative estimate of drug-likeness (QED) is 0.0288. The number of hydrogen-bond donors (Lipinski definition) is 0.